The number of benzene rings is 1. The third kappa shape index (κ3) is 1.87. The Balaban J connectivity index is 2.25. The third-order valence-corrected chi connectivity index (χ3v) is 2.96. The lowest BCUT2D eigenvalue weighted by atomic mass is 10.1. The van der Waals surface area contributed by atoms with Crippen molar-refractivity contribution >= 4 is 28.5 Å². The van der Waals surface area contributed by atoms with E-state index in [0.29, 0.717) is 10.5 Å². The van der Waals surface area contributed by atoms with Crippen molar-refractivity contribution in [2.45, 2.75) is 0 Å². The quantitative estimate of drug-likeness (QED) is 0.727. The van der Waals surface area contributed by atoms with Crippen molar-refractivity contribution in [3.05, 3.63) is 47.9 Å². The highest BCUT2D eigenvalue weighted by Gasteiger charge is 2.06. The molecular formula is C13H9ClN4. The maximum absolute atomic E-state index is 6.22. The van der Waals surface area contributed by atoms with E-state index in [1.807, 2.05) is 24.3 Å². The molecule has 3 rings (SSSR count). The summed E-state index contributed by atoms with van der Waals surface area (Å²) in [6.07, 6.45) is 5.16. The minimum Gasteiger partial charge on any atom is -0.368 e. The van der Waals surface area contributed by atoms with Crippen LogP contribution in [-0.4, -0.2) is 15.0 Å². The second kappa shape index (κ2) is 4.23. The molecule has 0 aliphatic carbocycles. The molecule has 0 amide bonds. The van der Waals surface area contributed by atoms with Gasteiger partial charge in [-0.3, -0.25) is 4.98 Å². The second-order valence-corrected chi connectivity index (χ2v) is 4.27. The fraction of sp³-hybridized carbons (Fsp3) is 0. The Bertz CT molecular complexity index is 713. The number of nitrogens with two attached hydrogens (primary N) is 1. The summed E-state index contributed by atoms with van der Waals surface area (Å²) in [5.41, 5.74) is 8.27. The fourth-order valence-electron chi connectivity index (χ4n) is 1.83. The van der Waals surface area contributed by atoms with Gasteiger partial charge < -0.3 is 5.73 Å². The van der Waals surface area contributed by atoms with Crippen molar-refractivity contribution in [3.8, 4) is 11.1 Å². The zero-order chi connectivity index (χ0) is 12.5. The molecule has 0 saturated carbocycles. The molecule has 2 N–H and O–H groups in total. The normalized spacial score (nSPS) is 10.7. The molecule has 0 fully saturated rings. The molecule has 0 saturated heterocycles. The lowest BCUT2D eigenvalue weighted by Crippen LogP contribution is -1.94. The summed E-state index contributed by atoms with van der Waals surface area (Å²) >= 11 is 6.22. The van der Waals surface area contributed by atoms with Crippen LogP contribution in [0.5, 0.6) is 0 Å². The van der Waals surface area contributed by atoms with Gasteiger partial charge in [0.15, 0.2) is 0 Å². The molecule has 0 aliphatic heterocycles. The number of halogens is 1. The lowest BCUT2D eigenvalue weighted by molar-refractivity contribution is 1.24. The van der Waals surface area contributed by atoms with Crippen LogP contribution in [0.1, 0.15) is 0 Å². The summed E-state index contributed by atoms with van der Waals surface area (Å²) in [5.74, 6) is 0.223. The molecule has 0 aliphatic rings. The van der Waals surface area contributed by atoms with Gasteiger partial charge in [-0.15, -0.1) is 0 Å². The highest BCUT2D eigenvalue weighted by molar-refractivity contribution is 6.35. The minimum absolute atomic E-state index is 0.223. The monoisotopic (exact) mass is 256 g/mol. The molecule has 2 heterocycles. The van der Waals surface area contributed by atoms with Gasteiger partial charge in [0.25, 0.3) is 0 Å². The molecule has 2 aromatic heterocycles. The number of fused-ring (bicyclic) bond motifs is 1. The topological polar surface area (TPSA) is 64.7 Å². The largest absolute Gasteiger partial charge is 0.368 e. The van der Waals surface area contributed by atoms with Crippen LogP contribution in [-0.2, 0) is 0 Å². The Hall–Kier alpha value is -2.20. The molecular weight excluding hydrogens is 248 g/mol. The Labute approximate surface area is 108 Å². The van der Waals surface area contributed by atoms with Crippen LogP contribution in [0.25, 0.3) is 22.0 Å². The summed E-state index contributed by atoms with van der Waals surface area (Å²) in [5, 5.41) is 1.43. The molecule has 4 nitrogen and oxygen atoms in total. The standard InChI is InChI=1S/C13H9ClN4/c14-11-6-9(8-1-3-16-4-2-8)5-10-7-17-13(15)18-12(10)11/h1-7H,(H2,15,17,18). The Morgan fingerprint density at radius 3 is 2.61 bits per heavy atom. The molecule has 88 valence electrons. The number of hydrogen-bond acceptors (Lipinski definition) is 4. The number of nitrogen functional groups attached to an aromatic ring is 1. The van der Waals surface area contributed by atoms with E-state index < -0.39 is 0 Å². The van der Waals surface area contributed by atoms with E-state index >= 15 is 0 Å². The maximum atomic E-state index is 6.22. The van der Waals surface area contributed by atoms with E-state index in [2.05, 4.69) is 15.0 Å². The van der Waals surface area contributed by atoms with E-state index in [1.165, 1.54) is 0 Å². The van der Waals surface area contributed by atoms with E-state index in [0.717, 1.165) is 16.5 Å². The zero-order valence-corrected chi connectivity index (χ0v) is 10.1. The van der Waals surface area contributed by atoms with Crippen LogP contribution in [0.15, 0.2) is 42.9 Å². The predicted molar refractivity (Wildman–Crippen MR) is 72.2 cm³/mol. The Morgan fingerprint density at radius 1 is 1.06 bits per heavy atom. The first-order valence-corrected chi connectivity index (χ1v) is 5.74. The summed E-state index contributed by atoms with van der Waals surface area (Å²) in [6, 6.07) is 7.70. The smallest absolute Gasteiger partial charge is 0.220 e. The first-order chi connectivity index (χ1) is 8.74. The van der Waals surface area contributed by atoms with Crippen molar-refractivity contribution in [2.75, 3.05) is 5.73 Å². The average molecular weight is 257 g/mol. The number of hydrogen-bond donors (Lipinski definition) is 1. The van der Waals surface area contributed by atoms with Gasteiger partial charge in [-0.25, -0.2) is 9.97 Å². The van der Waals surface area contributed by atoms with E-state index in [1.54, 1.807) is 18.6 Å². The van der Waals surface area contributed by atoms with Crippen molar-refractivity contribution in [1.29, 1.82) is 0 Å². The van der Waals surface area contributed by atoms with Crippen LogP contribution in [0.3, 0.4) is 0 Å². The molecule has 0 spiro atoms. The molecule has 0 radical (unpaired) electrons. The molecule has 18 heavy (non-hydrogen) atoms. The number of rotatable bonds is 1. The number of pyridine rings is 1. The first-order valence-electron chi connectivity index (χ1n) is 5.36. The van der Waals surface area contributed by atoms with Gasteiger partial charge >= 0.3 is 0 Å². The number of anilines is 1. The molecule has 1 aromatic carbocycles. The van der Waals surface area contributed by atoms with Crippen molar-refractivity contribution in [1.82, 2.24) is 15.0 Å². The van der Waals surface area contributed by atoms with Crippen LogP contribution < -0.4 is 5.73 Å². The van der Waals surface area contributed by atoms with E-state index in [-0.39, 0.29) is 5.95 Å². The van der Waals surface area contributed by atoms with E-state index in [9.17, 15) is 0 Å². The highest BCUT2D eigenvalue weighted by Crippen LogP contribution is 2.29. The minimum atomic E-state index is 0.223. The highest BCUT2D eigenvalue weighted by atomic mass is 35.5. The van der Waals surface area contributed by atoms with Gasteiger partial charge in [0, 0.05) is 24.0 Å². The van der Waals surface area contributed by atoms with Crippen LogP contribution in [0.2, 0.25) is 5.02 Å². The Kier molecular flexibility index (Phi) is 2.57. The van der Waals surface area contributed by atoms with Gasteiger partial charge in [-0.1, -0.05) is 11.6 Å². The van der Waals surface area contributed by atoms with Crippen molar-refractivity contribution in [2.24, 2.45) is 0 Å². The SMILES string of the molecule is Nc1ncc2cc(-c3ccncc3)cc(Cl)c2n1. The fourth-order valence-corrected chi connectivity index (χ4v) is 2.10. The molecule has 0 unspecified atom stereocenters. The second-order valence-electron chi connectivity index (χ2n) is 3.86. The lowest BCUT2D eigenvalue weighted by Gasteiger charge is -2.05. The molecule has 0 bridgehead atoms. The number of aromatic nitrogens is 3. The van der Waals surface area contributed by atoms with Crippen molar-refractivity contribution in [3.63, 3.8) is 0 Å². The first kappa shape index (κ1) is 10.9. The van der Waals surface area contributed by atoms with Gasteiger partial charge in [0.1, 0.15) is 0 Å². The summed E-state index contributed by atoms with van der Waals surface area (Å²) < 4.78 is 0. The molecule has 5 heteroatoms. The molecule has 3 aromatic rings. The third-order valence-electron chi connectivity index (χ3n) is 2.67. The maximum Gasteiger partial charge on any atom is 0.220 e. The average Bonchev–Trinajstić information content (AvgIpc) is 2.40. The zero-order valence-electron chi connectivity index (χ0n) is 9.34. The molecule has 0 atom stereocenters. The summed E-state index contributed by atoms with van der Waals surface area (Å²) in [4.78, 5) is 12.1. The van der Waals surface area contributed by atoms with Crippen LogP contribution in [0, 0.1) is 0 Å². The summed E-state index contributed by atoms with van der Waals surface area (Å²) in [7, 11) is 0. The van der Waals surface area contributed by atoms with Gasteiger partial charge in [-0.2, -0.15) is 0 Å². The predicted octanol–water partition coefficient (Wildman–Crippen LogP) is 2.93. The van der Waals surface area contributed by atoms with Crippen molar-refractivity contribution < 1.29 is 0 Å². The van der Waals surface area contributed by atoms with E-state index in [4.69, 9.17) is 17.3 Å². The van der Waals surface area contributed by atoms with Gasteiger partial charge in [-0.05, 0) is 35.4 Å². The summed E-state index contributed by atoms with van der Waals surface area (Å²) in [6.45, 7) is 0. The van der Waals surface area contributed by atoms with Crippen LogP contribution >= 0.6 is 11.6 Å². The number of nitrogens with zero attached hydrogens (tertiary/aromatic N) is 3. The van der Waals surface area contributed by atoms with Gasteiger partial charge in [0.2, 0.25) is 5.95 Å². The Morgan fingerprint density at radius 2 is 1.83 bits per heavy atom. The van der Waals surface area contributed by atoms with Gasteiger partial charge in [0.05, 0.1) is 10.5 Å². The van der Waals surface area contributed by atoms with Crippen LogP contribution in [0.4, 0.5) is 5.95 Å².